The summed E-state index contributed by atoms with van der Waals surface area (Å²) < 4.78 is 17.8. The zero-order valence-electron chi connectivity index (χ0n) is 7.83. The van der Waals surface area contributed by atoms with Gasteiger partial charge in [-0.1, -0.05) is 0 Å². The fourth-order valence-electron chi connectivity index (χ4n) is 1.12. The van der Waals surface area contributed by atoms with Crippen molar-refractivity contribution in [3.63, 3.8) is 0 Å². The Morgan fingerprint density at radius 1 is 1.57 bits per heavy atom. The van der Waals surface area contributed by atoms with Gasteiger partial charge in [-0.2, -0.15) is 0 Å². The van der Waals surface area contributed by atoms with Gasteiger partial charge in [0.2, 0.25) is 0 Å². The fraction of sp³-hybridized carbons (Fsp3) is 0.273. The predicted octanol–water partition coefficient (Wildman–Crippen LogP) is 1.89. The SMILES string of the molecule is C#CCC(O)c1cc(F)cc(OC)c1. The molecule has 3 heteroatoms. The molecular formula is C11H11FO2. The van der Waals surface area contributed by atoms with E-state index in [1.807, 2.05) is 0 Å². The van der Waals surface area contributed by atoms with Gasteiger partial charge in [-0.05, 0) is 17.7 Å². The van der Waals surface area contributed by atoms with E-state index in [0.29, 0.717) is 11.3 Å². The van der Waals surface area contributed by atoms with Crippen molar-refractivity contribution < 1.29 is 14.2 Å². The Labute approximate surface area is 82.3 Å². The molecule has 2 nitrogen and oxygen atoms in total. The molecule has 0 saturated carbocycles. The second-order valence-corrected chi connectivity index (χ2v) is 2.85. The summed E-state index contributed by atoms with van der Waals surface area (Å²) in [6.45, 7) is 0. The van der Waals surface area contributed by atoms with Crippen LogP contribution in [0.3, 0.4) is 0 Å². The Morgan fingerprint density at radius 3 is 2.86 bits per heavy atom. The van der Waals surface area contributed by atoms with Gasteiger partial charge in [-0.3, -0.25) is 0 Å². The van der Waals surface area contributed by atoms with Gasteiger partial charge in [0.1, 0.15) is 11.6 Å². The van der Waals surface area contributed by atoms with E-state index in [1.54, 1.807) is 6.07 Å². The van der Waals surface area contributed by atoms with Gasteiger partial charge >= 0.3 is 0 Å². The van der Waals surface area contributed by atoms with E-state index in [4.69, 9.17) is 11.2 Å². The van der Waals surface area contributed by atoms with Crippen LogP contribution < -0.4 is 4.74 Å². The quantitative estimate of drug-likeness (QED) is 0.744. The lowest BCUT2D eigenvalue weighted by molar-refractivity contribution is 0.183. The molecule has 74 valence electrons. The summed E-state index contributed by atoms with van der Waals surface area (Å²) in [7, 11) is 1.44. The van der Waals surface area contributed by atoms with Crippen LogP contribution in [-0.2, 0) is 0 Å². The summed E-state index contributed by atoms with van der Waals surface area (Å²) in [5, 5.41) is 9.50. The monoisotopic (exact) mass is 194 g/mol. The van der Waals surface area contributed by atoms with Crippen LogP contribution in [0.25, 0.3) is 0 Å². The van der Waals surface area contributed by atoms with Crippen molar-refractivity contribution in [2.75, 3.05) is 7.11 Å². The average molecular weight is 194 g/mol. The number of methoxy groups -OCH3 is 1. The topological polar surface area (TPSA) is 29.5 Å². The highest BCUT2D eigenvalue weighted by atomic mass is 19.1. The van der Waals surface area contributed by atoms with Crippen molar-refractivity contribution in [1.82, 2.24) is 0 Å². The van der Waals surface area contributed by atoms with Crippen LogP contribution in [0, 0.1) is 18.2 Å². The average Bonchev–Trinajstić information content (AvgIpc) is 2.17. The minimum atomic E-state index is -0.843. The molecule has 1 aromatic rings. The van der Waals surface area contributed by atoms with E-state index < -0.39 is 11.9 Å². The molecule has 0 saturated heterocycles. The molecular weight excluding hydrogens is 183 g/mol. The molecule has 0 aliphatic rings. The first-order valence-corrected chi connectivity index (χ1v) is 4.13. The lowest BCUT2D eigenvalue weighted by Crippen LogP contribution is -1.97. The molecule has 0 aromatic heterocycles. The van der Waals surface area contributed by atoms with E-state index in [1.165, 1.54) is 19.2 Å². The summed E-state index contributed by atoms with van der Waals surface area (Å²) in [6, 6.07) is 4.04. The number of rotatable bonds is 3. The summed E-state index contributed by atoms with van der Waals surface area (Å²) in [5.41, 5.74) is 0.430. The summed E-state index contributed by atoms with van der Waals surface area (Å²) >= 11 is 0. The van der Waals surface area contributed by atoms with E-state index in [-0.39, 0.29) is 6.42 Å². The summed E-state index contributed by atoms with van der Waals surface area (Å²) in [6.07, 6.45) is 4.36. The predicted molar refractivity (Wildman–Crippen MR) is 51.4 cm³/mol. The number of hydrogen-bond donors (Lipinski definition) is 1. The number of aliphatic hydroxyl groups is 1. The molecule has 0 radical (unpaired) electrons. The van der Waals surface area contributed by atoms with Crippen molar-refractivity contribution in [2.45, 2.75) is 12.5 Å². The van der Waals surface area contributed by atoms with E-state index in [9.17, 15) is 9.50 Å². The molecule has 1 N–H and O–H groups in total. The third kappa shape index (κ3) is 2.48. The molecule has 1 unspecified atom stereocenters. The van der Waals surface area contributed by atoms with Crippen molar-refractivity contribution in [1.29, 1.82) is 0 Å². The van der Waals surface area contributed by atoms with Crippen molar-refractivity contribution in [3.05, 3.63) is 29.6 Å². The summed E-state index contributed by atoms with van der Waals surface area (Å²) in [5.74, 6) is 2.23. The molecule has 1 rings (SSSR count). The second kappa shape index (κ2) is 4.64. The molecule has 0 fully saturated rings. The zero-order chi connectivity index (χ0) is 10.6. The maximum absolute atomic E-state index is 13.0. The van der Waals surface area contributed by atoms with E-state index >= 15 is 0 Å². The Kier molecular flexibility index (Phi) is 3.49. The van der Waals surface area contributed by atoms with Crippen molar-refractivity contribution >= 4 is 0 Å². The van der Waals surface area contributed by atoms with Crippen molar-refractivity contribution in [2.24, 2.45) is 0 Å². The Hall–Kier alpha value is -1.53. The highest BCUT2D eigenvalue weighted by Crippen LogP contribution is 2.22. The van der Waals surface area contributed by atoms with Crippen LogP contribution in [0.5, 0.6) is 5.75 Å². The Bertz CT molecular complexity index is 355. The standard InChI is InChI=1S/C11H11FO2/c1-3-4-11(13)8-5-9(12)7-10(6-8)14-2/h1,5-7,11,13H,4H2,2H3. The van der Waals surface area contributed by atoms with Gasteiger partial charge in [0.05, 0.1) is 13.2 Å². The van der Waals surface area contributed by atoms with Gasteiger partial charge < -0.3 is 9.84 Å². The maximum atomic E-state index is 13.0. The number of benzene rings is 1. The first-order chi connectivity index (χ1) is 6.67. The second-order valence-electron chi connectivity index (χ2n) is 2.85. The van der Waals surface area contributed by atoms with Gasteiger partial charge in [0.15, 0.2) is 0 Å². The van der Waals surface area contributed by atoms with Gasteiger partial charge in [-0.15, -0.1) is 12.3 Å². The molecule has 0 amide bonds. The number of terminal acetylenes is 1. The number of aliphatic hydroxyl groups excluding tert-OH is 1. The highest BCUT2D eigenvalue weighted by molar-refractivity contribution is 5.31. The van der Waals surface area contributed by atoms with Crippen molar-refractivity contribution in [3.8, 4) is 18.1 Å². The van der Waals surface area contributed by atoms with Crippen LogP contribution in [0.2, 0.25) is 0 Å². The highest BCUT2D eigenvalue weighted by Gasteiger charge is 2.09. The molecule has 0 aliphatic heterocycles. The molecule has 0 heterocycles. The van der Waals surface area contributed by atoms with Crippen LogP contribution in [0.15, 0.2) is 18.2 Å². The molecule has 14 heavy (non-hydrogen) atoms. The first kappa shape index (κ1) is 10.6. The minimum Gasteiger partial charge on any atom is -0.497 e. The Morgan fingerprint density at radius 2 is 2.29 bits per heavy atom. The van der Waals surface area contributed by atoms with Crippen LogP contribution in [-0.4, -0.2) is 12.2 Å². The number of hydrogen-bond acceptors (Lipinski definition) is 2. The largest absolute Gasteiger partial charge is 0.497 e. The van der Waals surface area contributed by atoms with E-state index in [2.05, 4.69) is 5.92 Å². The third-order valence-corrected chi connectivity index (χ3v) is 1.83. The lowest BCUT2D eigenvalue weighted by atomic mass is 10.1. The molecule has 1 atom stereocenters. The lowest BCUT2D eigenvalue weighted by Gasteiger charge is -2.09. The van der Waals surface area contributed by atoms with Gasteiger partial charge in [0, 0.05) is 12.5 Å². The Balaban J connectivity index is 2.97. The molecule has 0 aliphatic carbocycles. The fourth-order valence-corrected chi connectivity index (χ4v) is 1.12. The van der Waals surface area contributed by atoms with Gasteiger partial charge in [-0.25, -0.2) is 4.39 Å². The number of ether oxygens (including phenoxy) is 1. The third-order valence-electron chi connectivity index (χ3n) is 1.83. The molecule has 0 bridgehead atoms. The number of halogens is 1. The minimum absolute atomic E-state index is 0.159. The zero-order valence-corrected chi connectivity index (χ0v) is 7.83. The smallest absolute Gasteiger partial charge is 0.127 e. The van der Waals surface area contributed by atoms with Gasteiger partial charge in [0.25, 0.3) is 0 Å². The van der Waals surface area contributed by atoms with Crippen LogP contribution in [0.4, 0.5) is 4.39 Å². The molecule has 0 spiro atoms. The van der Waals surface area contributed by atoms with Crippen LogP contribution >= 0.6 is 0 Å². The van der Waals surface area contributed by atoms with E-state index in [0.717, 1.165) is 0 Å². The van der Waals surface area contributed by atoms with Crippen LogP contribution in [0.1, 0.15) is 18.1 Å². The normalized spacial score (nSPS) is 11.9. The summed E-state index contributed by atoms with van der Waals surface area (Å²) in [4.78, 5) is 0. The molecule has 1 aromatic carbocycles. The maximum Gasteiger partial charge on any atom is 0.127 e. The first-order valence-electron chi connectivity index (χ1n) is 4.13.